The molecule has 0 bridgehead atoms. The van der Waals surface area contributed by atoms with Gasteiger partial charge in [0.2, 0.25) is 0 Å². The molecule has 0 fully saturated rings. The normalized spacial score (nSPS) is 11.2. The molecular formula is C20H19N3OS. The number of benzene rings is 2. The molecule has 4 nitrogen and oxygen atoms in total. The van der Waals surface area contributed by atoms with Crippen molar-refractivity contribution in [3.05, 3.63) is 65.2 Å². The molecule has 4 aromatic rings. The first-order valence-corrected chi connectivity index (χ1v) is 8.99. The minimum absolute atomic E-state index is 0.435. The number of nitrogens with two attached hydrogens (primary N) is 1. The molecule has 0 saturated carbocycles. The summed E-state index contributed by atoms with van der Waals surface area (Å²) in [5.74, 6) is 0.847. The van der Waals surface area contributed by atoms with Crippen LogP contribution < -0.4 is 10.5 Å². The van der Waals surface area contributed by atoms with Crippen molar-refractivity contribution in [1.82, 2.24) is 9.38 Å². The number of hydrogen-bond acceptors (Lipinski definition) is 4. The van der Waals surface area contributed by atoms with Gasteiger partial charge in [-0.2, -0.15) is 0 Å². The molecule has 0 aliphatic carbocycles. The molecule has 0 atom stereocenters. The van der Waals surface area contributed by atoms with Crippen LogP contribution in [0, 0.1) is 6.92 Å². The lowest BCUT2D eigenvalue weighted by atomic mass is 10.1. The van der Waals surface area contributed by atoms with Crippen molar-refractivity contribution in [2.45, 2.75) is 13.5 Å². The molecule has 0 amide bonds. The van der Waals surface area contributed by atoms with Crippen molar-refractivity contribution in [3.63, 3.8) is 0 Å². The molecule has 4 rings (SSSR count). The molecule has 25 heavy (non-hydrogen) atoms. The van der Waals surface area contributed by atoms with E-state index in [-0.39, 0.29) is 0 Å². The Morgan fingerprint density at radius 2 is 1.72 bits per heavy atom. The Bertz CT molecular complexity index is 1010. The van der Waals surface area contributed by atoms with Gasteiger partial charge in [-0.1, -0.05) is 29.8 Å². The Morgan fingerprint density at radius 3 is 2.36 bits per heavy atom. The highest BCUT2D eigenvalue weighted by Crippen LogP contribution is 2.33. The summed E-state index contributed by atoms with van der Waals surface area (Å²) in [6.07, 6.45) is 0. The minimum atomic E-state index is 0.435. The second-order valence-electron chi connectivity index (χ2n) is 5.94. The van der Waals surface area contributed by atoms with Gasteiger partial charge in [0, 0.05) is 17.5 Å². The summed E-state index contributed by atoms with van der Waals surface area (Å²) in [5, 5.41) is 2.13. The van der Waals surface area contributed by atoms with E-state index in [0.29, 0.717) is 6.54 Å². The van der Waals surface area contributed by atoms with Crippen LogP contribution in [0.25, 0.3) is 27.5 Å². The predicted octanol–water partition coefficient (Wildman–Crippen LogP) is 4.51. The number of ether oxygens (including phenoxy) is 1. The highest BCUT2D eigenvalue weighted by Gasteiger charge is 2.17. The third-order valence-corrected chi connectivity index (χ3v) is 5.19. The van der Waals surface area contributed by atoms with E-state index in [4.69, 9.17) is 15.5 Å². The molecule has 0 radical (unpaired) electrons. The first kappa shape index (κ1) is 15.9. The van der Waals surface area contributed by atoms with Crippen molar-refractivity contribution in [2.75, 3.05) is 7.11 Å². The number of thiazole rings is 1. The van der Waals surface area contributed by atoms with Gasteiger partial charge in [-0.25, -0.2) is 4.98 Å². The minimum Gasteiger partial charge on any atom is -0.497 e. The van der Waals surface area contributed by atoms with Crippen molar-refractivity contribution < 1.29 is 4.74 Å². The zero-order chi connectivity index (χ0) is 17.4. The van der Waals surface area contributed by atoms with Gasteiger partial charge in [0.25, 0.3) is 0 Å². The van der Waals surface area contributed by atoms with Crippen LogP contribution >= 0.6 is 11.3 Å². The van der Waals surface area contributed by atoms with Crippen LogP contribution in [0.4, 0.5) is 0 Å². The zero-order valence-corrected chi connectivity index (χ0v) is 15.0. The Hall–Kier alpha value is -2.63. The lowest BCUT2D eigenvalue weighted by Gasteiger charge is -2.06. The van der Waals surface area contributed by atoms with Crippen LogP contribution in [0.3, 0.4) is 0 Å². The van der Waals surface area contributed by atoms with Crippen LogP contribution in [0.1, 0.15) is 11.3 Å². The van der Waals surface area contributed by atoms with E-state index in [9.17, 15) is 0 Å². The second kappa shape index (κ2) is 6.35. The number of imidazole rings is 1. The van der Waals surface area contributed by atoms with Crippen LogP contribution in [-0.4, -0.2) is 16.5 Å². The molecule has 2 N–H and O–H groups in total. The van der Waals surface area contributed by atoms with Crippen molar-refractivity contribution >= 4 is 16.3 Å². The van der Waals surface area contributed by atoms with Gasteiger partial charge < -0.3 is 10.5 Å². The van der Waals surface area contributed by atoms with E-state index in [1.54, 1.807) is 18.4 Å². The van der Waals surface area contributed by atoms with Crippen molar-refractivity contribution in [2.24, 2.45) is 5.73 Å². The Balaban J connectivity index is 1.88. The largest absolute Gasteiger partial charge is 0.497 e. The first-order valence-electron chi connectivity index (χ1n) is 8.11. The summed E-state index contributed by atoms with van der Waals surface area (Å²) < 4.78 is 7.42. The molecule has 126 valence electrons. The monoisotopic (exact) mass is 349 g/mol. The molecule has 0 unspecified atom stereocenters. The summed E-state index contributed by atoms with van der Waals surface area (Å²) in [5.41, 5.74) is 12.7. The molecule has 0 aliphatic heterocycles. The molecule has 2 heterocycles. The highest BCUT2D eigenvalue weighted by atomic mass is 32.1. The van der Waals surface area contributed by atoms with Crippen molar-refractivity contribution in [3.8, 4) is 28.3 Å². The second-order valence-corrected chi connectivity index (χ2v) is 6.78. The van der Waals surface area contributed by atoms with Gasteiger partial charge in [0.05, 0.1) is 24.2 Å². The number of nitrogens with zero attached hydrogens (tertiary/aromatic N) is 2. The van der Waals surface area contributed by atoms with Gasteiger partial charge in [-0.15, -0.1) is 11.3 Å². The van der Waals surface area contributed by atoms with Crippen molar-refractivity contribution in [1.29, 1.82) is 0 Å². The first-order chi connectivity index (χ1) is 12.2. The van der Waals surface area contributed by atoms with Gasteiger partial charge in [0.1, 0.15) is 5.75 Å². The molecule has 2 aromatic carbocycles. The average Bonchev–Trinajstić information content (AvgIpc) is 3.21. The van der Waals surface area contributed by atoms with E-state index in [0.717, 1.165) is 38.9 Å². The lowest BCUT2D eigenvalue weighted by molar-refractivity contribution is 0.415. The summed E-state index contributed by atoms with van der Waals surface area (Å²) in [6, 6.07) is 16.5. The number of methoxy groups -OCH3 is 1. The third-order valence-electron chi connectivity index (χ3n) is 4.36. The van der Waals surface area contributed by atoms with Crippen LogP contribution in [0.5, 0.6) is 5.75 Å². The van der Waals surface area contributed by atoms with Crippen LogP contribution in [0.15, 0.2) is 53.9 Å². The van der Waals surface area contributed by atoms with Crippen LogP contribution in [0.2, 0.25) is 0 Å². The van der Waals surface area contributed by atoms with E-state index in [1.807, 2.05) is 12.1 Å². The van der Waals surface area contributed by atoms with Crippen LogP contribution in [-0.2, 0) is 6.54 Å². The van der Waals surface area contributed by atoms with E-state index in [2.05, 4.69) is 53.1 Å². The fraction of sp³-hybridized carbons (Fsp3) is 0.150. The maximum absolute atomic E-state index is 6.10. The number of fused-ring (bicyclic) bond motifs is 1. The zero-order valence-electron chi connectivity index (χ0n) is 14.2. The number of aromatic nitrogens is 2. The third kappa shape index (κ3) is 2.71. The van der Waals surface area contributed by atoms with Gasteiger partial charge >= 0.3 is 0 Å². The highest BCUT2D eigenvalue weighted by molar-refractivity contribution is 7.15. The standard InChI is InChI=1S/C20H19N3OS/c1-13-3-5-15(6-4-13)19-17(11-21)23-18(12-25-20(23)22-19)14-7-9-16(24-2)10-8-14/h3-10,12H,11,21H2,1-2H3. The quantitative estimate of drug-likeness (QED) is 0.590. The fourth-order valence-electron chi connectivity index (χ4n) is 3.01. The molecule has 0 aliphatic rings. The van der Waals surface area contributed by atoms with E-state index in [1.165, 1.54) is 5.56 Å². The number of hydrogen-bond donors (Lipinski definition) is 1. The molecule has 5 heteroatoms. The number of aryl methyl sites for hydroxylation is 1. The summed E-state index contributed by atoms with van der Waals surface area (Å²) in [4.78, 5) is 5.80. The lowest BCUT2D eigenvalue weighted by Crippen LogP contribution is -2.03. The predicted molar refractivity (Wildman–Crippen MR) is 103 cm³/mol. The molecule has 0 spiro atoms. The van der Waals surface area contributed by atoms with E-state index >= 15 is 0 Å². The smallest absolute Gasteiger partial charge is 0.195 e. The summed E-state index contributed by atoms with van der Waals surface area (Å²) >= 11 is 1.63. The maximum Gasteiger partial charge on any atom is 0.195 e. The molecule has 0 saturated heterocycles. The Labute approximate surface area is 150 Å². The Morgan fingerprint density at radius 1 is 1.04 bits per heavy atom. The Kier molecular flexibility index (Phi) is 4.03. The van der Waals surface area contributed by atoms with Gasteiger partial charge in [0.15, 0.2) is 4.96 Å². The maximum atomic E-state index is 6.10. The number of rotatable bonds is 4. The topological polar surface area (TPSA) is 52.5 Å². The average molecular weight is 349 g/mol. The van der Waals surface area contributed by atoms with E-state index < -0.39 is 0 Å². The molecule has 2 aromatic heterocycles. The van der Waals surface area contributed by atoms with Gasteiger partial charge in [-0.05, 0) is 36.8 Å². The SMILES string of the molecule is COc1ccc(-c2csc3nc(-c4ccc(C)cc4)c(CN)n23)cc1. The fourth-order valence-corrected chi connectivity index (χ4v) is 3.93. The summed E-state index contributed by atoms with van der Waals surface area (Å²) in [7, 11) is 1.67. The van der Waals surface area contributed by atoms with Gasteiger partial charge in [-0.3, -0.25) is 4.40 Å². The molecular weight excluding hydrogens is 330 g/mol. The summed E-state index contributed by atoms with van der Waals surface area (Å²) in [6.45, 7) is 2.52.